The van der Waals surface area contributed by atoms with E-state index in [0.717, 1.165) is 13.0 Å². The first-order chi connectivity index (χ1) is 7.46. The molecule has 1 aromatic heterocycles. The van der Waals surface area contributed by atoms with Crippen LogP contribution in [0, 0.1) is 16.7 Å². The van der Waals surface area contributed by atoms with E-state index >= 15 is 0 Å². The van der Waals surface area contributed by atoms with Crippen molar-refractivity contribution in [2.45, 2.75) is 27.2 Å². The number of aromatic nitrogens is 1. The minimum Gasteiger partial charge on any atom is -0.369 e. The summed E-state index contributed by atoms with van der Waals surface area (Å²) in [5.74, 6) is 0.658. The number of halogens is 1. The van der Waals surface area contributed by atoms with Gasteiger partial charge in [0.25, 0.3) is 0 Å². The molecule has 1 aromatic rings. The van der Waals surface area contributed by atoms with Crippen molar-refractivity contribution in [2.75, 3.05) is 11.9 Å². The molecular formula is C12H16ClN3. The van der Waals surface area contributed by atoms with Gasteiger partial charge in [-0.2, -0.15) is 5.26 Å². The lowest BCUT2D eigenvalue weighted by Gasteiger charge is -2.23. The number of hydrogen-bond donors (Lipinski definition) is 1. The number of rotatable bonds is 4. The molecule has 0 amide bonds. The van der Waals surface area contributed by atoms with Crippen LogP contribution in [0.15, 0.2) is 12.1 Å². The Morgan fingerprint density at radius 3 is 2.75 bits per heavy atom. The second-order valence-corrected chi connectivity index (χ2v) is 4.93. The predicted molar refractivity (Wildman–Crippen MR) is 66.5 cm³/mol. The molecular weight excluding hydrogens is 222 g/mol. The highest BCUT2D eigenvalue weighted by Crippen LogP contribution is 2.21. The molecule has 16 heavy (non-hydrogen) atoms. The highest BCUT2D eigenvalue weighted by atomic mass is 35.5. The number of nitrogens with zero attached hydrogens (tertiary/aromatic N) is 2. The maximum atomic E-state index is 8.80. The third-order valence-electron chi connectivity index (χ3n) is 2.63. The zero-order valence-electron chi connectivity index (χ0n) is 9.84. The molecule has 0 aliphatic carbocycles. The summed E-state index contributed by atoms with van der Waals surface area (Å²) < 4.78 is 0. The molecule has 0 aliphatic rings. The Balaban J connectivity index is 2.75. The lowest BCUT2D eigenvalue weighted by atomic mass is 9.90. The third kappa shape index (κ3) is 3.71. The first kappa shape index (κ1) is 12.8. The van der Waals surface area contributed by atoms with Crippen molar-refractivity contribution in [3.8, 4) is 6.07 Å². The number of pyridine rings is 1. The normalized spacial score (nSPS) is 10.9. The van der Waals surface area contributed by atoms with Crippen LogP contribution in [0.2, 0.25) is 5.15 Å². The zero-order valence-corrected chi connectivity index (χ0v) is 10.6. The van der Waals surface area contributed by atoms with Crippen molar-refractivity contribution in [1.82, 2.24) is 4.98 Å². The van der Waals surface area contributed by atoms with Gasteiger partial charge in [0.2, 0.25) is 0 Å². The van der Waals surface area contributed by atoms with E-state index in [1.165, 1.54) is 0 Å². The average Bonchev–Trinajstić information content (AvgIpc) is 2.26. The predicted octanol–water partition coefficient (Wildman–Crippen LogP) is 3.45. The van der Waals surface area contributed by atoms with E-state index in [9.17, 15) is 0 Å². The lowest BCUT2D eigenvalue weighted by Crippen LogP contribution is -2.22. The minimum atomic E-state index is 0.205. The van der Waals surface area contributed by atoms with Gasteiger partial charge >= 0.3 is 0 Å². The largest absolute Gasteiger partial charge is 0.369 e. The van der Waals surface area contributed by atoms with Crippen LogP contribution in [0.25, 0.3) is 0 Å². The van der Waals surface area contributed by atoms with Crippen LogP contribution >= 0.6 is 11.6 Å². The molecule has 0 saturated heterocycles. The Labute approximate surface area is 101 Å². The zero-order chi connectivity index (χ0) is 12.2. The van der Waals surface area contributed by atoms with Crippen LogP contribution in [0.4, 0.5) is 5.82 Å². The van der Waals surface area contributed by atoms with Gasteiger partial charge in [-0.25, -0.2) is 4.98 Å². The van der Waals surface area contributed by atoms with Crippen molar-refractivity contribution in [1.29, 1.82) is 5.26 Å². The molecule has 0 bridgehead atoms. The van der Waals surface area contributed by atoms with Crippen LogP contribution in [0.1, 0.15) is 32.8 Å². The fraction of sp³-hybridized carbons (Fsp3) is 0.500. The Morgan fingerprint density at radius 2 is 2.19 bits per heavy atom. The van der Waals surface area contributed by atoms with E-state index in [4.69, 9.17) is 16.9 Å². The van der Waals surface area contributed by atoms with Gasteiger partial charge in [0.1, 0.15) is 11.0 Å². The van der Waals surface area contributed by atoms with Crippen LogP contribution in [0.5, 0.6) is 0 Å². The minimum absolute atomic E-state index is 0.205. The van der Waals surface area contributed by atoms with Gasteiger partial charge in [-0.1, -0.05) is 32.4 Å². The van der Waals surface area contributed by atoms with Crippen molar-refractivity contribution in [2.24, 2.45) is 5.41 Å². The van der Waals surface area contributed by atoms with Crippen molar-refractivity contribution >= 4 is 17.4 Å². The van der Waals surface area contributed by atoms with Crippen molar-refractivity contribution in [3.05, 3.63) is 22.8 Å². The van der Waals surface area contributed by atoms with E-state index in [1.807, 2.05) is 0 Å². The van der Waals surface area contributed by atoms with Gasteiger partial charge < -0.3 is 5.32 Å². The number of anilines is 1. The first-order valence-electron chi connectivity index (χ1n) is 5.28. The maximum Gasteiger partial charge on any atom is 0.132 e. The quantitative estimate of drug-likeness (QED) is 0.816. The number of hydrogen-bond acceptors (Lipinski definition) is 3. The topological polar surface area (TPSA) is 48.7 Å². The van der Waals surface area contributed by atoms with E-state index in [1.54, 1.807) is 12.1 Å². The maximum absolute atomic E-state index is 8.80. The summed E-state index contributed by atoms with van der Waals surface area (Å²) in [5, 5.41) is 12.3. The van der Waals surface area contributed by atoms with E-state index in [-0.39, 0.29) is 5.41 Å². The highest BCUT2D eigenvalue weighted by Gasteiger charge is 2.14. The van der Waals surface area contributed by atoms with Gasteiger partial charge in [-0.15, -0.1) is 0 Å². The average molecular weight is 238 g/mol. The van der Waals surface area contributed by atoms with Gasteiger partial charge in [-0.05, 0) is 24.0 Å². The highest BCUT2D eigenvalue weighted by molar-refractivity contribution is 6.29. The first-order valence-corrected chi connectivity index (χ1v) is 5.66. The molecule has 0 spiro atoms. The number of nitriles is 1. The second kappa shape index (κ2) is 5.18. The summed E-state index contributed by atoms with van der Waals surface area (Å²) in [6.45, 7) is 7.31. The molecule has 1 N–H and O–H groups in total. The summed E-state index contributed by atoms with van der Waals surface area (Å²) in [4.78, 5) is 4.12. The molecule has 86 valence electrons. The fourth-order valence-corrected chi connectivity index (χ4v) is 1.32. The Morgan fingerprint density at radius 1 is 1.50 bits per heavy atom. The third-order valence-corrected chi connectivity index (χ3v) is 2.82. The molecule has 0 radical (unpaired) electrons. The standard InChI is InChI=1S/C12H16ClN3/c1-4-12(2,3)8-15-11-6-9(7-14)5-10(13)16-11/h5-6H,4,8H2,1-3H3,(H,15,16). The Kier molecular flexibility index (Phi) is 4.14. The number of nitrogens with one attached hydrogen (secondary N) is 1. The summed E-state index contributed by atoms with van der Waals surface area (Å²) in [6, 6.07) is 5.31. The van der Waals surface area contributed by atoms with Gasteiger partial charge in [-0.3, -0.25) is 0 Å². The monoisotopic (exact) mass is 237 g/mol. The van der Waals surface area contributed by atoms with Gasteiger partial charge in [0.15, 0.2) is 0 Å². The smallest absolute Gasteiger partial charge is 0.132 e. The molecule has 0 saturated carbocycles. The molecule has 4 heteroatoms. The van der Waals surface area contributed by atoms with E-state index in [2.05, 4.69) is 37.1 Å². The lowest BCUT2D eigenvalue weighted by molar-refractivity contribution is 0.376. The Hall–Kier alpha value is -1.27. The molecule has 3 nitrogen and oxygen atoms in total. The van der Waals surface area contributed by atoms with Crippen LogP contribution < -0.4 is 5.32 Å². The molecule has 0 atom stereocenters. The van der Waals surface area contributed by atoms with Crippen LogP contribution in [0.3, 0.4) is 0 Å². The molecule has 1 rings (SSSR count). The fourth-order valence-electron chi connectivity index (χ4n) is 1.11. The summed E-state index contributed by atoms with van der Waals surface area (Å²) in [6.07, 6.45) is 1.08. The molecule has 0 aromatic carbocycles. The summed E-state index contributed by atoms with van der Waals surface area (Å²) in [5.41, 5.74) is 0.730. The molecule has 0 aliphatic heterocycles. The van der Waals surface area contributed by atoms with Crippen molar-refractivity contribution in [3.63, 3.8) is 0 Å². The second-order valence-electron chi connectivity index (χ2n) is 4.55. The van der Waals surface area contributed by atoms with E-state index < -0.39 is 0 Å². The van der Waals surface area contributed by atoms with Crippen LogP contribution in [-0.4, -0.2) is 11.5 Å². The van der Waals surface area contributed by atoms with E-state index in [0.29, 0.717) is 16.5 Å². The molecule has 0 fully saturated rings. The SMILES string of the molecule is CCC(C)(C)CNc1cc(C#N)cc(Cl)n1. The summed E-state index contributed by atoms with van der Waals surface area (Å²) >= 11 is 5.81. The molecule has 0 unspecified atom stereocenters. The van der Waals surface area contributed by atoms with Crippen molar-refractivity contribution < 1.29 is 0 Å². The Bertz CT molecular complexity index is 407. The molecule has 1 heterocycles. The summed E-state index contributed by atoms with van der Waals surface area (Å²) in [7, 11) is 0. The van der Waals surface area contributed by atoms with Crippen LogP contribution in [-0.2, 0) is 0 Å². The van der Waals surface area contributed by atoms with Gasteiger partial charge in [0.05, 0.1) is 11.6 Å². The van der Waals surface area contributed by atoms with Gasteiger partial charge in [0, 0.05) is 6.54 Å².